The van der Waals surface area contributed by atoms with Crippen LogP contribution >= 0.6 is 0 Å². The zero-order valence-electron chi connectivity index (χ0n) is 37.3. The second kappa shape index (κ2) is 19.5. The van der Waals surface area contributed by atoms with Crippen LogP contribution in [0.3, 0.4) is 0 Å². The molecule has 1 spiro atoms. The number of fused-ring (bicyclic) bond motifs is 3. The van der Waals surface area contributed by atoms with Crippen LogP contribution in [0.25, 0.3) is 11.1 Å². The van der Waals surface area contributed by atoms with Crippen LogP contribution in [0.2, 0.25) is 0 Å². The largest absolute Gasteiger partial charge is 0.465 e. The highest BCUT2D eigenvalue weighted by molar-refractivity contribution is 6.00. The van der Waals surface area contributed by atoms with Gasteiger partial charge in [-0.3, -0.25) is 19.3 Å². The van der Waals surface area contributed by atoms with Crippen LogP contribution in [-0.2, 0) is 34.0 Å². The van der Waals surface area contributed by atoms with Crippen molar-refractivity contribution >= 4 is 41.3 Å². The Hall–Kier alpha value is -6.25. The van der Waals surface area contributed by atoms with Crippen molar-refractivity contribution in [2.24, 2.45) is 0 Å². The molecule has 0 bridgehead atoms. The van der Waals surface area contributed by atoms with Crippen molar-refractivity contribution in [1.82, 2.24) is 15.1 Å². The number of carbonyl (C=O) groups is 5. The van der Waals surface area contributed by atoms with Crippen molar-refractivity contribution in [3.63, 3.8) is 0 Å². The molecule has 0 aromatic heterocycles. The fourth-order valence-corrected chi connectivity index (χ4v) is 10.3. The third kappa shape index (κ3) is 9.06. The Balaban J connectivity index is 1.11. The third-order valence-corrected chi connectivity index (χ3v) is 13.4. The van der Waals surface area contributed by atoms with Gasteiger partial charge in [-0.2, -0.15) is 0 Å². The summed E-state index contributed by atoms with van der Waals surface area (Å²) in [5, 5.41) is 16.8. The summed E-state index contributed by atoms with van der Waals surface area (Å²) in [4.78, 5) is 72.9. The summed E-state index contributed by atoms with van der Waals surface area (Å²) in [5.41, 5.74) is 5.87. The molecule has 3 heterocycles. The molecule has 4 aromatic rings. The number of hydrogen-bond donors (Lipinski definition) is 3. The van der Waals surface area contributed by atoms with Crippen LogP contribution in [0.4, 0.5) is 21.0 Å². The Labute approximate surface area is 380 Å². The zero-order valence-corrected chi connectivity index (χ0v) is 37.3. The Morgan fingerprint density at radius 3 is 2.15 bits per heavy atom. The molecule has 5 amide bonds. The molecule has 341 valence electrons. The van der Waals surface area contributed by atoms with E-state index < -0.39 is 47.5 Å². The molecule has 3 atom stereocenters. The zero-order chi connectivity index (χ0) is 45.7. The maximum atomic E-state index is 14.4. The second-order valence-electron chi connectivity index (χ2n) is 17.4. The number of hydrogen-bond acceptors (Lipinski definition) is 8. The van der Waals surface area contributed by atoms with Gasteiger partial charge in [0.15, 0.2) is 5.79 Å². The number of unbranched alkanes of at least 4 members (excludes halogenated alkanes) is 2. The molecule has 14 heteroatoms. The van der Waals surface area contributed by atoms with E-state index in [0.29, 0.717) is 49.5 Å². The molecule has 1 aliphatic carbocycles. The molecule has 14 nitrogen and oxygen atoms in total. The second-order valence-corrected chi connectivity index (χ2v) is 17.4. The molecule has 3 saturated heterocycles. The quantitative estimate of drug-likeness (QED) is 0.106. The highest BCUT2D eigenvalue weighted by Gasteiger charge is 2.53. The molecule has 3 N–H and O–H groups in total. The first-order valence-electron chi connectivity index (χ1n) is 22.8. The standard InChI is InChI=1S/C51H58N5O9/c1-4-6-24-50(25-7-5-2)40-30-36(52-46(58)42-32-51(64-27-28-65-51)33-55(42)44(57)29-34-15-10-8-11-16-34)20-22-38(40)39-23-21-37(31-41(39)50)56(49(61)62)43-19-14-26-54(43)47(59)45(53-48(60)63-3)35-17-12-9-13-18-35/h8-13,15-18,20-23,29-31,42-43,45H,4-7,14,19,24-28,32-33H2,1-3H3,(H,52,58)(H,53,60)(H,61,62)/t42-,43-,45+/m0/s1. The molecule has 3 aliphatic heterocycles. The first-order valence-corrected chi connectivity index (χ1v) is 22.8. The van der Waals surface area contributed by atoms with Crippen LogP contribution in [-0.4, -0.2) is 96.2 Å². The van der Waals surface area contributed by atoms with E-state index in [1.54, 1.807) is 29.2 Å². The van der Waals surface area contributed by atoms with Crippen molar-refractivity contribution in [3.05, 3.63) is 126 Å². The maximum absolute atomic E-state index is 14.4. The minimum absolute atomic E-state index is 0.129. The molecule has 4 aromatic carbocycles. The average molecular weight is 885 g/mol. The van der Waals surface area contributed by atoms with Crippen molar-refractivity contribution < 1.29 is 43.3 Å². The topological polar surface area (TPSA) is 167 Å². The third-order valence-electron chi connectivity index (χ3n) is 13.4. The predicted octanol–water partition coefficient (Wildman–Crippen LogP) is 8.40. The lowest BCUT2D eigenvalue weighted by Gasteiger charge is -2.37. The lowest BCUT2D eigenvalue weighted by atomic mass is 9.70. The van der Waals surface area contributed by atoms with Gasteiger partial charge in [-0.25, -0.2) is 9.59 Å². The summed E-state index contributed by atoms with van der Waals surface area (Å²) in [5.74, 6) is -2.13. The lowest BCUT2D eigenvalue weighted by molar-refractivity contribution is -0.151. The molecule has 8 rings (SSSR count). The Morgan fingerprint density at radius 1 is 0.862 bits per heavy atom. The Kier molecular flexibility index (Phi) is 13.6. The molecule has 0 unspecified atom stereocenters. The van der Waals surface area contributed by atoms with Gasteiger partial charge in [0.25, 0.3) is 5.91 Å². The average Bonchev–Trinajstić information content (AvgIpc) is 4.13. The van der Waals surface area contributed by atoms with Gasteiger partial charge in [-0.15, -0.1) is 0 Å². The smallest absolute Gasteiger partial charge is 0.413 e. The van der Waals surface area contributed by atoms with Crippen LogP contribution in [0, 0.1) is 6.42 Å². The van der Waals surface area contributed by atoms with Gasteiger partial charge in [0.2, 0.25) is 11.8 Å². The van der Waals surface area contributed by atoms with Crippen LogP contribution in [0.1, 0.15) is 99.9 Å². The minimum Gasteiger partial charge on any atom is -0.465 e. The maximum Gasteiger partial charge on any atom is 0.413 e. The monoisotopic (exact) mass is 884 g/mol. The molecule has 3 fully saturated rings. The molecule has 4 aliphatic rings. The van der Waals surface area contributed by atoms with Gasteiger partial charge < -0.3 is 39.8 Å². The number of ether oxygens (including phenoxy) is 3. The number of nitrogens with one attached hydrogen (secondary N) is 2. The van der Waals surface area contributed by atoms with Gasteiger partial charge in [0.1, 0.15) is 18.2 Å². The molecular weight excluding hydrogens is 827 g/mol. The lowest BCUT2D eigenvalue weighted by Crippen LogP contribution is -2.53. The van der Waals surface area contributed by atoms with Gasteiger partial charge in [0, 0.05) is 29.8 Å². The number of benzene rings is 4. The first-order chi connectivity index (χ1) is 31.5. The fraction of sp³-hybridized carbons (Fsp3) is 0.412. The van der Waals surface area contributed by atoms with Crippen molar-refractivity contribution in [2.45, 2.75) is 101 Å². The number of alkyl carbamates (subject to hydrolysis) is 1. The minimum atomic E-state index is -1.20. The van der Waals surface area contributed by atoms with Gasteiger partial charge in [-0.1, -0.05) is 112 Å². The molecule has 0 saturated carbocycles. The van der Waals surface area contributed by atoms with E-state index in [0.717, 1.165) is 66.3 Å². The van der Waals surface area contributed by atoms with Crippen molar-refractivity contribution in [2.75, 3.05) is 43.6 Å². The summed E-state index contributed by atoms with van der Waals surface area (Å²) in [6, 6.07) is 27.9. The summed E-state index contributed by atoms with van der Waals surface area (Å²) in [6.45, 7) is 5.51. The molecule has 1 radical (unpaired) electrons. The number of likely N-dealkylation sites (tertiary alicyclic amines) is 2. The molecule has 65 heavy (non-hydrogen) atoms. The SMILES string of the molecule is CCCCC1(CCCC)c2cc(NC(=O)[C@@H]3CC4(CN3C(=O)[CH]c3ccccc3)OCCO4)ccc2-c2ccc(N(C(=O)O)[C@H]3CCCN3C(=O)[C@H](NC(=O)OC)c3ccccc3)cc21. The highest BCUT2D eigenvalue weighted by Crippen LogP contribution is 2.56. The number of methoxy groups -OCH3 is 1. The van der Waals surface area contributed by atoms with E-state index in [9.17, 15) is 29.1 Å². The fourth-order valence-electron chi connectivity index (χ4n) is 10.3. The van der Waals surface area contributed by atoms with E-state index in [4.69, 9.17) is 14.2 Å². The summed E-state index contributed by atoms with van der Waals surface area (Å²) in [6.07, 6.45) is 5.18. The predicted molar refractivity (Wildman–Crippen MR) is 245 cm³/mol. The Bertz CT molecular complexity index is 2380. The number of nitrogens with zero attached hydrogens (tertiary/aromatic N) is 3. The van der Waals surface area contributed by atoms with E-state index in [-0.39, 0.29) is 24.8 Å². The van der Waals surface area contributed by atoms with Gasteiger partial charge in [-0.05, 0) is 83.3 Å². The summed E-state index contributed by atoms with van der Waals surface area (Å²) >= 11 is 0. The number of carbonyl (C=O) groups excluding carboxylic acids is 4. The summed E-state index contributed by atoms with van der Waals surface area (Å²) < 4.78 is 16.9. The molecular formula is C51H58N5O9. The number of amides is 5. The Morgan fingerprint density at radius 2 is 1.51 bits per heavy atom. The van der Waals surface area contributed by atoms with Crippen LogP contribution < -0.4 is 15.5 Å². The van der Waals surface area contributed by atoms with Crippen molar-refractivity contribution in [3.8, 4) is 11.1 Å². The normalized spacial score (nSPS) is 19.4. The highest BCUT2D eigenvalue weighted by atomic mass is 16.7. The number of anilines is 2. The van der Waals surface area contributed by atoms with Crippen LogP contribution in [0.15, 0.2) is 97.1 Å². The van der Waals surface area contributed by atoms with E-state index in [2.05, 4.69) is 30.5 Å². The number of rotatable bonds is 15. The van der Waals surface area contributed by atoms with Gasteiger partial charge in [0.05, 0.1) is 33.3 Å². The van der Waals surface area contributed by atoms with E-state index in [1.165, 1.54) is 23.3 Å². The first kappa shape index (κ1) is 45.3. The summed E-state index contributed by atoms with van der Waals surface area (Å²) in [7, 11) is 1.23. The van der Waals surface area contributed by atoms with Gasteiger partial charge >= 0.3 is 12.2 Å². The van der Waals surface area contributed by atoms with E-state index >= 15 is 0 Å². The van der Waals surface area contributed by atoms with Crippen molar-refractivity contribution in [1.29, 1.82) is 0 Å². The number of carboxylic acid groups (broad SMARTS) is 1. The van der Waals surface area contributed by atoms with E-state index in [1.807, 2.05) is 66.7 Å². The van der Waals surface area contributed by atoms with Crippen LogP contribution in [0.5, 0.6) is 0 Å².